The van der Waals surface area contributed by atoms with E-state index in [1.165, 1.54) is 64.6 Å². The molecule has 0 bridgehead atoms. The molecule has 2 heteroatoms. The van der Waals surface area contributed by atoms with Gasteiger partial charge in [0.2, 0.25) is 0 Å². The molecule has 0 unspecified atom stereocenters. The highest BCUT2D eigenvalue weighted by atomic mass is 15.1. The average molecular weight is 238 g/mol. The van der Waals surface area contributed by atoms with Gasteiger partial charge in [-0.05, 0) is 62.6 Å². The predicted octanol–water partition coefficient (Wildman–Crippen LogP) is 3.02. The zero-order valence-electron chi connectivity index (χ0n) is 11.8. The molecule has 1 aliphatic heterocycles. The van der Waals surface area contributed by atoms with E-state index in [1.54, 1.807) is 0 Å². The van der Waals surface area contributed by atoms with Gasteiger partial charge in [-0.3, -0.25) is 0 Å². The van der Waals surface area contributed by atoms with Crippen LogP contribution in [0.15, 0.2) is 0 Å². The minimum Gasteiger partial charge on any atom is -0.330 e. The Morgan fingerprint density at radius 2 is 1.53 bits per heavy atom. The van der Waals surface area contributed by atoms with Gasteiger partial charge in [-0.1, -0.05) is 26.7 Å². The van der Waals surface area contributed by atoms with Crippen molar-refractivity contribution < 1.29 is 0 Å². The summed E-state index contributed by atoms with van der Waals surface area (Å²) >= 11 is 0. The Bertz CT molecular complexity index is 231. The summed E-state index contributed by atoms with van der Waals surface area (Å²) in [6.45, 7) is 9.60. The third-order valence-corrected chi connectivity index (χ3v) is 5.61. The van der Waals surface area contributed by atoms with Gasteiger partial charge >= 0.3 is 0 Å². The van der Waals surface area contributed by atoms with Crippen molar-refractivity contribution in [2.75, 3.05) is 26.2 Å². The highest BCUT2D eigenvalue weighted by Gasteiger charge is 2.44. The number of nitrogens with two attached hydrogens (primary N) is 1. The molecule has 0 aromatic carbocycles. The van der Waals surface area contributed by atoms with E-state index in [0.717, 1.165) is 6.54 Å². The van der Waals surface area contributed by atoms with Gasteiger partial charge in [-0.15, -0.1) is 0 Å². The lowest BCUT2D eigenvalue weighted by molar-refractivity contribution is 0.0798. The van der Waals surface area contributed by atoms with Crippen molar-refractivity contribution in [3.63, 3.8) is 0 Å². The maximum Gasteiger partial charge on any atom is 0.00385 e. The monoisotopic (exact) mass is 238 g/mol. The number of nitrogens with zero attached hydrogens (tertiary/aromatic N) is 1. The van der Waals surface area contributed by atoms with Crippen LogP contribution in [0.1, 0.15) is 58.8 Å². The molecule has 0 radical (unpaired) electrons. The molecule has 2 aliphatic rings. The maximum absolute atomic E-state index is 5.73. The van der Waals surface area contributed by atoms with Crippen LogP contribution in [0.25, 0.3) is 0 Å². The molecule has 1 saturated heterocycles. The summed E-state index contributed by atoms with van der Waals surface area (Å²) in [5, 5.41) is 0. The highest BCUT2D eigenvalue weighted by Crippen LogP contribution is 2.50. The fraction of sp³-hybridized carbons (Fsp3) is 1.00. The van der Waals surface area contributed by atoms with Crippen molar-refractivity contribution in [3.05, 3.63) is 0 Å². The standard InChI is InChI=1S/C15H30N2/c1-3-14(4-2)8-11-17(12-9-14)13-15(5-6-15)7-10-16/h3-13,16H2,1-2H3. The largest absolute Gasteiger partial charge is 0.330 e. The molecule has 0 atom stereocenters. The Labute approximate surface area is 107 Å². The molecule has 0 amide bonds. The average Bonchev–Trinajstić information content (AvgIpc) is 3.11. The number of hydrogen-bond donors (Lipinski definition) is 1. The van der Waals surface area contributed by atoms with Crippen LogP contribution < -0.4 is 5.73 Å². The zero-order valence-corrected chi connectivity index (χ0v) is 11.8. The molecule has 2 fully saturated rings. The fourth-order valence-corrected chi connectivity index (χ4v) is 3.59. The second-order valence-electron chi connectivity index (χ2n) is 6.52. The summed E-state index contributed by atoms with van der Waals surface area (Å²) in [4.78, 5) is 2.71. The first-order chi connectivity index (χ1) is 8.17. The smallest absolute Gasteiger partial charge is 0.00385 e. The van der Waals surface area contributed by atoms with E-state index in [2.05, 4.69) is 18.7 Å². The summed E-state index contributed by atoms with van der Waals surface area (Å²) in [7, 11) is 0. The number of rotatable bonds is 6. The highest BCUT2D eigenvalue weighted by molar-refractivity contribution is 4.97. The van der Waals surface area contributed by atoms with E-state index in [1.807, 2.05) is 0 Å². The van der Waals surface area contributed by atoms with E-state index in [-0.39, 0.29) is 0 Å². The second-order valence-corrected chi connectivity index (χ2v) is 6.52. The molecule has 1 aliphatic carbocycles. The number of hydrogen-bond acceptors (Lipinski definition) is 2. The Hall–Kier alpha value is -0.0800. The topological polar surface area (TPSA) is 29.3 Å². The van der Waals surface area contributed by atoms with Gasteiger partial charge in [-0.2, -0.15) is 0 Å². The van der Waals surface area contributed by atoms with Crippen LogP contribution in [-0.4, -0.2) is 31.1 Å². The first-order valence-corrected chi connectivity index (χ1v) is 7.60. The van der Waals surface area contributed by atoms with E-state index < -0.39 is 0 Å². The van der Waals surface area contributed by atoms with Crippen LogP contribution in [0.2, 0.25) is 0 Å². The SMILES string of the molecule is CCC1(CC)CCN(CC2(CCN)CC2)CC1. The van der Waals surface area contributed by atoms with Crippen LogP contribution in [0, 0.1) is 10.8 Å². The molecular weight excluding hydrogens is 208 g/mol. The Kier molecular flexibility index (Phi) is 4.14. The summed E-state index contributed by atoms with van der Waals surface area (Å²) < 4.78 is 0. The third-order valence-electron chi connectivity index (χ3n) is 5.61. The van der Waals surface area contributed by atoms with Gasteiger partial charge in [-0.25, -0.2) is 0 Å². The maximum atomic E-state index is 5.73. The Morgan fingerprint density at radius 1 is 0.941 bits per heavy atom. The van der Waals surface area contributed by atoms with Crippen LogP contribution in [-0.2, 0) is 0 Å². The van der Waals surface area contributed by atoms with Crippen LogP contribution in [0.5, 0.6) is 0 Å². The molecule has 2 rings (SSSR count). The first-order valence-electron chi connectivity index (χ1n) is 7.60. The van der Waals surface area contributed by atoms with E-state index >= 15 is 0 Å². The quantitative estimate of drug-likeness (QED) is 0.771. The van der Waals surface area contributed by atoms with Gasteiger partial charge in [0.25, 0.3) is 0 Å². The van der Waals surface area contributed by atoms with Crippen LogP contribution in [0.4, 0.5) is 0 Å². The molecule has 0 aromatic rings. The predicted molar refractivity (Wildman–Crippen MR) is 74.0 cm³/mol. The summed E-state index contributed by atoms with van der Waals surface area (Å²) in [5.74, 6) is 0. The molecule has 0 spiro atoms. The molecule has 1 heterocycles. The van der Waals surface area contributed by atoms with E-state index in [0.29, 0.717) is 10.8 Å². The van der Waals surface area contributed by atoms with Gasteiger partial charge in [0.15, 0.2) is 0 Å². The van der Waals surface area contributed by atoms with Gasteiger partial charge in [0.1, 0.15) is 0 Å². The van der Waals surface area contributed by atoms with Crippen molar-refractivity contribution >= 4 is 0 Å². The molecule has 2 N–H and O–H groups in total. The van der Waals surface area contributed by atoms with E-state index in [4.69, 9.17) is 5.73 Å². The van der Waals surface area contributed by atoms with Gasteiger partial charge in [0, 0.05) is 6.54 Å². The molecule has 2 nitrogen and oxygen atoms in total. The molecular formula is C15H30N2. The lowest BCUT2D eigenvalue weighted by Gasteiger charge is -2.42. The minimum atomic E-state index is 0.632. The molecule has 17 heavy (non-hydrogen) atoms. The Morgan fingerprint density at radius 3 is 1.94 bits per heavy atom. The number of piperidine rings is 1. The van der Waals surface area contributed by atoms with Crippen molar-refractivity contribution in [1.82, 2.24) is 4.90 Å². The fourth-order valence-electron chi connectivity index (χ4n) is 3.59. The molecule has 0 aromatic heterocycles. The lowest BCUT2D eigenvalue weighted by atomic mass is 9.74. The normalized spacial score (nSPS) is 27.0. The summed E-state index contributed by atoms with van der Waals surface area (Å²) in [5.41, 5.74) is 7.03. The van der Waals surface area contributed by atoms with Crippen molar-refractivity contribution in [2.45, 2.75) is 58.8 Å². The van der Waals surface area contributed by atoms with Crippen molar-refractivity contribution in [1.29, 1.82) is 0 Å². The van der Waals surface area contributed by atoms with Gasteiger partial charge in [0.05, 0.1) is 0 Å². The summed E-state index contributed by atoms with van der Waals surface area (Å²) in [6, 6.07) is 0. The molecule has 100 valence electrons. The van der Waals surface area contributed by atoms with Crippen LogP contribution in [0.3, 0.4) is 0 Å². The second kappa shape index (κ2) is 5.27. The van der Waals surface area contributed by atoms with Crippen LogP contribution >= 0.6 is 0 Å². The number of likely N-dealkylation sites (tertiary alicyclic amines) is 1. The third kappa shape index (κ3) is 3.03. The summed E-state index contributed by atoms with van der Waals surface area (Å²) in [6.07, 6.45) is 9.66. The lowest BCUT2D eigenvalue weighted by Crippen LogP contribution is -2.42. The zero-order chi connectivity index (χ0) is 12.4. The first kappa shape index (κ1) is 13.4. The van der Waals surface area contributed by atoms with Crippen molar-refractivity contribution in [2.24, 2.45) is 16.6 Å². The minimum absolute atomic E-state index is 0.632. The Balaban J connectivity index is 1.79. The van der Waals surface area contributed by atoms with E-state index in [9.17, 15) is 0 Å². The van der Waals surface area contributed by atoms with Crippen molar-refractivity contribution in [3.8, 4) is 0 Å². The van der Waals surface area contributed by atoms with Gasteiger partial charge < -0.3 is 10.6 Å². The molecule has 1 saturated carbocycles.